The minimum Gasteiger partial charge on any atom is -0.455 e. The van der Waals surface area contributed by atoms with Crippen molar-refractivity contribution in [3.8, 4) is 0 Å². The second-order valence-corrected chi connectivity index (χ2v) is 6.96. The molecule has 134 valence electrons. The van der Waals surface area contributed by atoms with Crippen LogP contribution < -0.4 is 0 Å². The Morgan fingerprint density at radius 2 is 1.93 bits per heavy atom. The van der Waals surface area contributed by atoms with E-state index in [0.717, 1.165) is 20.8 Å². The largest absolute Gasteiger partial charge is 0.455 e. The van der Waals surface area contributed by atoms with E-state index in [1.165, 1.54) is 17.4 Å². The van der Waals surface area contributed by atoms with Gasteiger partial charge >= 0.3 is 5.97 Å². The minimum atomic E-state index is -0.438. The first-order chi connectivity index (χ1) is 13.3. The van der Waals surface area contributed by atoms with E-state index in [4.69, 9.17) is 4.74 Å². The number of hydrogen-bond acceptors (Lipinski definition) is 6. The fourth-order valence-corrected chi connectivity index (χ4v) is 3.43. The zero-order valence-corrected chi connectivity index (χ0v) is 15.2. The van der Waals surface area contributed by atoms with Gasteiger partial charge in [-0.3, -0.25) is 0 Å². The Morgan fingerprint density at radius 1 is 1.11 bits per heavy atom. The molecule has 27 heavy (non-hydrogen) atoms. The lowest BCUT2D eigenvalue weighted by Crippen LogP contribution is -2.00. The molecule has 0 unspecified atom stereocenters. The van der Waals surface area contributed by atoms with E-state index >= 15 is 0 Å². The molecule has 4 aromatic rings. The Labute approximate surface area is 159 Å². The number of rotatable bonds is 6. The fourth-order valence-electron chi connectivity index (χ4n) is 2.55. The monoisotopic (exact) mass is 376 g/mol. The number of benzene rings is 2. The van der Waals surface area contributed by atoms with Gasteiger partial charge in [0.15, 0.2) is 0 Å². The lowest BCUT2D eigenvalue weighted by Gasteiger charge is -1.99. The first kappa shape index (κ1) is 17.1. The van der Waals surface area contributed by atoms with Crippen LogP contribution in [-0.4, -0.2) is 25.9 Å². The lowest BCUT2D eigenvalue weighted by molar-refractivity contribution is -0.138. The molecule has 2 aromatic carbocycles. The summed E-state index contributed by atoms with van der Waals surface area (Å²) in [6.45, 7) is 0.785. The van der Waals surface area contributed by atoms with Gasteiger partial charge in [0.05, 0.1) is 23.0 Å². The zero-order chi connectivity index (χ0) is 18.5. The third kappa shape index (κ3) is 4.45. The number of aromatic nitrogens is 4. The third-order valence-electron chi connectivity index (χ3n) is 3.81. The normalized spacial score (nSPS) is 11.3. The van der Waals surface area contributed by atoms with Gasteiger partial charge < -0.3 is 4.74 Å². The first-order valence-electron chi connectivity index (χ1n) is 8.39. The summed E-state index contributed by atoms with van der Waals surface area (Å²) in [5.41, 5.74) is 2.65. The first-order valence-corrected chi connectivity index (χ1v) is 9.21. The number of thiazole rings is 1. The van der Waals surface area contributed by atoms with E-state index < -0.39 is 5.97 Å². The smallest absolute Gasteiger partial charge is 0.331 e. The Bertz CT molecular complexity index is 1050. The van der Waals surface area contributed by atoms with E-state index in [9.17, 15) is 4.79 Å². The summed E-state index contributed by atoms with van der Waals surface area (Å²) in [5.74, 6) is -0.438. The lowest BCUT2D eigenvalue weighted by atomic mass is 10.2. The Morgan fingerprint density at radius 3 is 2.78 bits per heavy atom. The van der Waals surface area contributed by atoms with Gasteiger partial charge in [-0.25, -0.2) is 14.5 Å². The van der Waals surface area contributed by atoms with Crippen LogP contribution in [0.25, 0.3) is 16.3 Å². The molecule has 2 heterocycles. The predicted molar refractivity (Wildman–Crippen MR) is 104 cm³/mol. The van der Waals surface area contributed by atoms with E-state index in [-0.39, 0.29) is 6.61 Å². The highest BCUT2D eigenvalue weighted by atomic mass is 32.1. The van der Waals surface area contributed by atoms with Crippen molar-refractivity contribution in [1.82, 2.24) is 20.0 Å². The van der Waals surface area contributed by atoms with Crippen LogP contribution >= 0.6 is 11.3 Å². The Balaban J connectivity index is 1.32. The van der Waals surface area contributed by atoms with Crippen LogP contribution in [-0.2, 0) is 22.7 Å². The summed E-state index contributed by atoms with van der Waals surface area (Å²) in [7, 11) is 0. The SMILES string of the molecule is O=C(/C=C/c1cn(Cc2ccccc2)nn1)OCc1nc2ccccc2s1. The van der Waals surface area contributed by atoms with E-state index in [0.29, 0.717) is 12.2 Å². The number of hydrogen-bond donors (Lipinski definition) is 0. The summed E-state index contributed by atoms with van der Waals surface area (Å²) >= 11 is 1.52. The molecule has 4 rings (SSSR count). The third-order valence-corrected chi connectivity index (χ3v) is 4.82. The van der Waals surface area contributed by atoms with Gasteiger partial charge in [0.2, 0.25) is 0 Å². The molecule has 0 saturated carbocycles. The van der Waals surface area contributed by atoms with E-state index in [2.05, 4.69) is 15.3 Å². The molecule has 0 radical (unpaired) electrons. The molecular formula is C20H16N4O2S. The summed E-state index contributed by atoms with van der Waals surface area (Å²) in [6, 6.07) is 17.8. The Kier molecular flexibility index (Phi) is 5.02. The molecule has 0 atom stereocenters. The molecule has 0 fully saturated rings. The number of carbonyl (C=O) groups is 1. The van der Waals surface area contributed by atoms with Crippen molar-refractivity contribution in [2.24, 2.45) is 0 Å². The number of nitrogens with zero attached hydrogens (tertiary/aromatic N) is 4. The van der Waals surface area contributed by atoms with Gasteiger partial charge in [0.25, 0.3) is 0 Å². The summed E-state index contributed by atoms with van der Waals surface area (Å²) < 4.78 is 8.05. The highest BCUT2D eigenvalue weighted by molar-refractivity contribution is 7.18. The molecule has 0 N–H and O–H groups in total. The number of ether oxygens (including phenoxy) is 1. The fraction of sp³-hybridized carbons (Fsp3) is 0.100. The van der Waals surface area contributed by atoms with Crippen molar-refractivity contribution >= 4 is 33.6 Å². The maximum atomic E-state index is 11.9. The molecule has 0 aliphatic heterocycles. The maximum Gasteiger partial charge on any atom is 0.331 e. The molecule has 0 aliphatic carbocycles. The van der Waals surface area contributed by atoms with Gasteiger partial charge in [0, 0.05) is 6.08 Å². The van der Waals surface area contributed by atoms with Crippen LogP contribution in [0.1, 0.15) is 16.3 Å². The molecule has 0 aliphatic rings. The van der Waals surface area contributed by atoms with E-state index in [1.807, 2.05) is 54.6 Å². The molecule has 0 amide bonds. The van der Waals surface area contributed by atoms with Crippen LogP contribution in [0.3, 0.4) is 0 Å². The second kappa shape index (κ2) is 7.92. The van der Waals surface area contributed by atoms with Gasteiger partial charge in [-0.1, -0.05) is 47.7 Å². The highest BCUT2D eigenvalue weighted by Gasteiger charge is 2.06. The number of esters is 1. The predicted octanol–water partition coefficient (Wildman–Crippen LogP) is 3.69. The second-order valence-electron chi connectivity index (χ2n) is 5.84. The summed E-state index contributed by atoms with van der Waals surface area (Å²) in [4.78, 5) is 16.4. The number of para-hydroxylation sites is 1. The minimum absolute atomic E-state index is 0.156. The van der Waals surface area contributed by atoms with Crippen LogP contribution in [0.15, 0.2) is 66.9 Å². The average molecular weight is 376 g/mol. The van der Waals surface area contributed by atoms with Crippen molar-refractivity contribution in [3.63, 3.8) is 0 Å². The van der Waals surface area contributed by atoms with Gasteiger partial charge in [-0.05, 0) is 23.8 Å². The van der Waals surface area contributed by atoms with Crippen molar-refractivity contribution in [1.29, 1.82) is 0 Å². The Hall–Kier alpha value is -3.32. The summed E-state index contributed by atoms with van der Waals surface area (Å²) in [6.07, 6.45) is 4.73. The van der Waals surface area contributed by atoms with Gasteiger partial charge in [0.1, 0.15) is 17.3 Å². The zero-order valence-electron chi connectivity index (χ0n) is 14.4. The van der Waals surface area contributed by atoms with Crippen molar-refractivity contribution in [2.45, 2.75) is 13.2 Å². The molecule has 0 saturated heterocycles. The maximum absolute atomic E-state index is 11.9. The molecule has 0 spiro atoms. The van der Waals surface area contributed by atoms with Crippen LogP contribution in [0.2, 0.25) is 0 Å². The van der Waals surface area contributed by atoms with Crippen LogP contribution in [0.5, 0.6) is 0 Å². The molecule has 0 bridgehead atoms. The van der Waals surface area contributed by atoms with Gasteiger partial charge in [-0.15, -0.1) is 16.4 Å². The van der Waals surface area contributed by atoms with Gasteiger partial charge in [-0.2, -0.15) is 0 Å². The topological polar surface area (TPSA) is 69.9 Å². The van der Waals surface area contributed by atoms with E-state index in [1.54, 1.807) is 17.0 Å². The number of fused-ring (bicyclic) bond motifs is 1. The average Bonchev–Trinajstić information content (AvgIpc) is 3.32. The molecule has 6 nitrogen and oxygen atoms in total. The molecule has 2 aromatic heterocycles. The summed E-state index contributed by atoms with van der Waals surface area (Å²) in [5, 5.41) is 8.87. The molecule has 7 heteroatoms. The van der Waals surface area contributed by atoms with Crippen LogP contribution in [0.4, 0.5) is 0 Å². The van der Waals surface area contributed by atoms with Crippen LogP contribution in [0, 0.1) is 0 Å². The molecular weight excluding hydrogens is 360 g/mol. The van der Waals surface area contributed by atoms with Crippen molar-refractivity contribution < 1.29 is 9.53 Å². The van der Waals surface area contributed by atoms with Crippen molar-refractivity contribution in [2.75, 3.05) is 0 Å². The van der Waals surface area contributed by atoms with Crippen molar-refractivity contribution in [3.05, 3.63) is 83.1 Å². The highest BCUT2D eigenvalue weighted by Crippen LogP contribution is 2.22. The number of carbonyl (C=O) groups excluding carboxylic acids is 1. The standard InChI is InChI=1S/C20H16N4O2S/c25-20(26-14-19-21-17-8-4-5-9-18(17)27-19)11-10-16-13-24(23-22-16)12-15-6-2-1-3-7-15/h1-11,13H,12,14H2/b11-10+. The quantitative estimate of drug-likeness (QED) is 0.379.